The van der Waals surface area contributed by atoms with Crippen LogP contribution in [0.4, 0.5) is 5.69 Å². The first kappa shape index (κ1) is 14.9. The van der Waals surface area contributed by atoms with Gasteiger partial charge in [-0.1, -0.05) is 24.8 Å². The molecule has 1 heterocycles. The van der Waals surface area contributed by atoms with Crippen molar-refractivity contribution in [3.63, 3.8) is 0 Å². The fourth-order valence-electron chi connectivity index (χ4n) is 2.57. The summed E-state index contributed by atoms with van der Waals surface area (Å²) in [6, 6.07) is 15.5. The van der Waals surface area contributed by atoms with Crippen LogP contribution in [0.1, 0.15) is 22.8 Å². The number of nitrogens with one attached hydrogen (secondary N) is 3. The summed E-state index contributed by atoms with van der Waals surface area (Å²) in [5, 5.41) is 7.08. The molecule has 0 spiro atoms. The van der Waals surface area contributed by atoms with Crippen molar-refractivity contribution in [2.24, 2.45) is 0 Å². The third-order valence-electron chi connectivity index (χ3n) is 3.58. The monoisotopic (exact) mass is 305 g/mol. The second-order valence-corrected chi connectivity index (χ2v) is 5.53. The quantitative estimate of drug-likeness (QED) is 0.666. The standard InChI is InChI=1S/C19H19N3O/c1-13(2)22-15-6-3-5-14(11-15)12-21-19(23)17-7-4-8-18-16(17)9-10-20-18/h3-11,20,22H,1,12H2,2H3,(H,21,23). The van der Waals surface area contributed by atoms with E-state index in [1.807, 2.05) is 61.7 Å². The maximum atomic E-state index is 12.4. The van der Waals surface area contributed by atoms with Gasteiger partial charge in [-0.05, 0) is 42.8 Å². The number of hydrogen-bond acceptors (Lipinski definition) is 2. The average Bonchev–Trinajstić information content (AvgIpc) is 3.01. The highest BCUT2D eigenvalue weighted by Gasteiger charge is 2.10. The number of carbonyl (C=O) groups excluding carboxylic acids is 1. The number of allylic oxidation sites excluding steroid dienone is 1. The van der Waals surface area contributed by atoms with Crippen molar-refractivity contribution >= 4 is 22.5 Å². The molecule has 0 atom stereocenters. The Labute approximate surface area is 135 Å². The lowest BCUT2D eigenvalue weighted by Gasteiger charge is -2.09. The molecule has 0 saturated carbocycles. The molecule has 2 aromatic carbocycles. The topological polar surface area (TPSA) is 56.9 Å². The summed E-state index contributed by atoms with van der Waals surface area (Å²) in [4.78, 5) is 15.6. The lowest BCUT2D eigenvalue weighted by atomic mass is 10.1. The Bertz CT molecular complexity index is 864. The highest BCUT2D eigenvalue weighted by Crippen LogP contribution is 2.17. The summed E-state index contributed by atoms with van der Waals surface area (Å²) in [5.41, 5.74) is 4.53. The Hall–Kier alpha value is -3.01. The molecule has 0 aliphatic rings. The van der Waals surface area contributed by atoms with Gasteiger partial charge in [0.1, 0.15) is 0 Å². The molecule has 116 valence electrons. The minimum atomic E-state index is -0.0755. The van der Waals surface area contributed by atoms with E-state index in [1.165, 1.54) is 0 Å². The molecule has 0 saturated heterocycles. The molecule has 4 heteroatoms. The molecule has 0 fully saturated rings. The van der Waals surface area contributed by atoms with E-state index in [-0.39, 0.29) is 5.91 Å². The van der Waals surface area contributed by atoms with E-state index in [0.29, 0.717) is 12.1 Å². The van der Waals surface area contributed by atoms with Crippen LogP contribution in [0.3, 0.4) is 0 Å². The van der Waals surface area contributed by atoms with Gasteiger partial charge in [-0.15, -0.1) is 0 Å². The van der Waals surface area contributed by atoms with Crippen LogP contribution in [0.25, 0.3) is 10.9 Å². The molecule has 0 radical (unpaired) electrons. The molecule has 0 bridgehead atoms. The van der Waals surface area contributed by atoms with Gasteiger partial charge >= 0.3 is 0 Å². The summed E-state index contributed by atoms with van der Waals surface area (Å²) < 4.78 is 0. The normalized spacial score (nSPS) is 10.5. The van der Waals surface area contributed by atoms with Gasteiger partial charge in [0.15, 0.2) is 0 Å². The van der Waals surface area contributed by atoms with Gasteiger partial charge in [-0.3, -0.25) is 4.79 Å². The first-order valence-corrected chi connectivity index (χ1v) is 7.49. The first-order chi connectivity index (χ1) is 11.1. The fourth-order valence-corrected chi connectivity index (χ4v) is 2.57. The van der Waals surface area contributed by atoms with Gasteiger partial charge in [0, 0.05) is 40.6 Å². The Balaban J connectivity index is 1.72. The summed E-state index contributed by atoms with van der Waals surface area (Å²) >= 11 is 0. The van der Waals surface area contributed by atoms with Crippen LogP contribution < -0.4 is 10.6 Å². The van der Waals surface area contributed by atoms with E-state index in [1.54, 1.807) is 0 Å². The predicted molar refractivity (Wildman–Crippen MR) is 94.3 cm³/mol. The fraction of sp³-hybridized carbons (Fsp3) is 0.105. The molecule has 3 aromatic rings. The Morgan fingerprint density at radius 2 is 2.00 bits per heavy atom. The zero-order valence-electron chi connectivity index (χ0n) is 13.0. The molecule has 0 aliphatic heterocycles. The van der Waals surface area contributed by atoms with Crippen LogP contribution in [0.15, 0.2) is 67.0 Å². The number of rotatable bonds is 5. The van der Waals surface area contributed by atoms with Crippen molar-refractivity contribution in [1.29, 1.82) is 0 Å². The molecular formula is C19H19N3O. The summed E-state index contributed by atoms with van der Waals surface area (Å²) in [5.74, 6) is -0.0755. The number of benzene rings is 2. The number of hydrogen-bond donors (Lipinski definition) is 3. The lowest BCUT2D eigenvalue weighted by Crippen LogP contribution is -2.22. The maximum Gasteiger partial charge on any atom is 0.252 e. The number of amides is 1. The first-order valence-electron chi connectivity index (χ1n) is 7.49. The van der Waals surface area contributed by atoms with Crippen molar-refractivity contribution in [2.75, 3.05) is 5.32 Å². The predicted octanol–water partition coefficient (Wildman–Crippen LogP) is 4.04. The molecule has 3 rings (SSSR count). The maximum absolute atomic E-state index is 12.4. The number of aromatic amines is 1. The van der Waals surface area contributed by atoms with Crippen molar-refractivity contribution in [2.45, 2.75) is 13.5 Å². The van der Waals surface area contributed by atoms with Gasteiger partial charge < -0.3 is 15.6 Å². The number of aromatic nitrogens is 1. The smallest absolute Gasteiger partial charge is 0.252 e. The second kappa shape index (κ2) is 6.40. The largest absolute Gasteiger partial charge is 0.361 e. The van der Waals surface area contributed by atoms with E-state index in [0.717, 1.165) is 27.9 Å². The van der Waals surface area contributed by atoms with E-state index in [2.05, 4.69) is 22.2 Å². The van der Waals surface area contributed by atoms with E-state index >= 15 is 0 Å². The Morgan fingerprint density at radius 1 is 1.17 bits per heavy atom. The zero-order chi connectivity index (χ0) is 16.2. The zero-order valence-corrected chi connectivity index (χ0v) is 13.0. The average molecular weight is 305 g/mol. The molecule has 1 aromatic heterocycles. The molecule has 1 amide bonds. The third-order valence-corrected chi connectivity index (χ3v) is 3.58. The van der Waals surface area contributed by atoms with Gasteiger partial charge in [0.05, 0.1) is 0 Å². The van der Waals surface area contributed by atoms with Crippen LogP contribution in [-0.2, 0) is 6.54 Å². The lowest BCUT2D eigenvalue weighted by molar-refractivity contribution is 0.0952. The van der Waals surface area contributed by atoms with Gasteiger partial charge in [0.25, 0.3) is 5.91 Å². The molecule has 4 nitrogen and oxygen atoms in total. The Morgan fingerprint density at radius 3 is 2.83 bits per heavy atom. The Kier molecular flexibility index (Phi) is 4.15. The number of carbonyl (C=O) groups is 1. The molecule has 0 unspecified atom stereocenters. The highest BCUT2D eigenvalue weighted by atomic mass is 16.1. The molecular weight excluding hydrogens is 286 g/mol. The summed E-state index contributed by atoms with van der Waals surface area (Å²) in [7, 11) is 0. The van der Waals surface area contributed by atoms with Crippen molar-refractivity contribution in [3.05, 3.63) is 78.1 Å². The molecule has 23 heavy (non-hydrogen) atoms. The number of H-pyrrole nitrogens is 1. The van der Waals surface area contributed by atoms with E-state index in [4.69, 9.17) is 0 Å². The van der Waals surface area contributed by atoms with Crippen molar-refractivity contribution in [1.82, 2.24) is 10.3 Å². The van der Waals surface area contributed by atoms with E-state index < -0.39 is 0 Å². The number of fused-ring (bicyclic) bond motifs is 1. The van der Waals surface area contributed by atoms with Crippen LogP contribution in [-0.4, -0.2) is 10.9 Å². The van der Waals surface area contributed by atoms with Crippen molar-refractivity contribution in [3.8, 4) is 0 Å². The van der Waals surface area contributed by atoms with Crippen LogP contribution in [0, 0.1) is 0 Å². The van der Waals surface area contributed by atoms with Crippen LogP contribution in [0.5, 0.6) is 0 Å². The van der Waals surface area contributed by atoms with Gasteiger partial charge in [-0.2, -0.15) is 0 Å². The summed E-state index contributed by atoms with van der Waals surface area (Å²) in [6.45, 7) is 6.22. The molecule has 3 N–H and O–H groups in total. The SMILES string of the molecule is C=C(C)Nc1cccc(CNC(=O)c2cccc3[nH]ccc23)c1. The van der Waals surface area contributed by atoms with Crippen LogP contribution >= 0.6 is 0 Å². The van der Waals surface area contributed by atoms with E-state index in [9.17, 15) is 4.79 Å². The third kappa shape index (κ3) is 3.43. The number of anilines is 1. The van der Waals surface area contributed by atoms with Crippen molar-refractivity contribution < 1.29 is 4.79 Å². The second-order valence-electron chi connectivity index (χ2n) is 5.53. The minimum absolute atomic E-state index is 0.0755. The molecule has 0 aliphatic carbocycles. The van der Waals surface area contributed by atoms with Gasteiger partial charge in [-0.25, -0.2) is 0 Å². The highest BCUT2D eigenvalue weighted by molar-refractivity contribution is 6.06. The van der Waals surface area contributed by atoms with Crippen LogP contribution in [0.2, 0.25) is 0 Å². The van der Waals surface area contributed by atoms with Gasteiger partial charge in [0.2, 0.25) is 0 Å². The summed E-state index contributed by atoms with van der Waals surface area (Å²) in [6.07, 6.45) is 1.84. The minimum Gasteiger partial charge on any atom is -0.361 e.